The predicted octanol–water partition coefficient (Wildman–Crippen LogP) is 3.66. The molecule has 3 aromatic rings. The third kappa shape index (κ3) is 2.87. The maximum absolute atomic E-state index is 11.8. The largest absolute Gasteiger partial charge is 0.507 e. The Balaban J connectivity index is 1.84. The zero-order valence-electron chi connectivity index (χ0n) is 11.3. The number of nitrogens with zero attached hydrogens (tertiary/aromatic N) is 1. The maximum atomic E-state index is 11.8. The van der Waals surface area contributed by atoms with E-state index in [0.717, 1.165) is 10.8 Å². The normalized spacial score (nSPS) is 11.1. The van der Waals surface area contributed by atoms with Gasteiger partial charge in [-0.1, -0.05) is 30.3 Å². The van der Waals surface area contributed by atoms with E-state index in [4.69, 9.17) is 4.42 Å². The minimum absolute atomic E-state index is 0.0949. The molecule has 0 unspecified atom stereocenters. The Morgan fingerprint density at radius 3 is 2.77 bits per heavy atom. The SMILES string of the molecule is O=C(N/N=C\c1c(O)ccc2ccccc12)c1ccc(Br)o1. The van der Waals surface area contributed by atoms with Crippen molar-refractivity contribution >= 4 is 38.8 Å². The second-order valence-corrected chi connectivity index (χ2v) is 5.30. The first-order chi connectivity index (χ1) is 10.6. The van der Waals surface area contributed by atoms with E-state index in [1.54, 1.807) is 12.1 Å². The van der Waals surface area contributed by atoms with Gasteiger partial charge in [-0.05, 0) is 44.9 Å². The van der Waals surface area contributed by atoms with Gasteiger partial charge in [0.25, 0.3) is 0 Å². The van der Waals surface area contributed by atoms with E-state index in [-0.39, 0.29) is 11.5 Å². The molecular formula is C16H11BrN2O3. The number of benzene rings is 2. The van der Waals surface area contributed by atoms with Crippen molar-refractivity contribution in [1.29, 1.82) is 0 Å². The summed E-state index contributed by atoms with van der Waals surface area (Å²) >= 11 is 3.12. The molecule has 6 heteroatoms. The summed E-state index contributed by atoms with van der Waals surface area (Å²) in [6.07, 6.45) is 1.41. The molecule has 3 rings (SSSR count). The Labute approximate surface area is 134 Å². The van der Waals surface area contributed by atoms with E-state index in [2.05, 4.69) is 26.5 Å². The highest BCUT2D eigenvalue weighted by atomic mass is 79.9. The Morgan fingerprint density at radius 1 is 1.18 bits per heavy atom. The van der Waals surface area contributed by atoms with Gasteiger partial charge >= 0.3 is 5.91 Å². The number of hydrogen-bond acceptors (Lipinski definition) is 4. The van der Waals surface area contributed by atoms with Gasteiger partial charge in [0.15, 0.2) is 10.4 Å². The number of halogens is 1. The maximum Gasteiger partial charge on any atom is 0.307 e. The fraction of sp³-hybridized carbons (Fsp3) is 0. The number of hydrogen-bond donors (Lipinski definition) is 2. The number of rotatable bonds is 3. The number of phenols is 1. The standard InChI is InChI=1S/C16H11BrN2O3/c17-15-8-7-14(22-15)16(21)19-18-9-12-11-4-2-1-3-10(11)5-6-13(12)20/h1-9,20H,(H,19,21)/b18-9-. The van der Waals surface area contributed by atoms with Gasteiger partial charge in [-0.3, -0.25) is 4.79 Å². The quantitative estimate of drug-likeness (QED) is 0.554. The van der Waals surface area contributed by atoms with Crippen LogP contribution in [0.4, 0.5) is 0 Å². The smallest absolute Gasteiger partial charge is 0.307 e. The highest BCUT2D eigenvalue weighted by Gasteiger charge is 2.09. The second-order valence-electron chi connectivity index (χ2n) is 4.52. The van der Waals surface area contributed by atoms with Crippen LogP contribution in [0.15, 0.2) is 62.7 Å². The van der Waals surface area contributed by atoms with E-state index in [0.29, 0.717) is 10.2 Å². The Kier molecular flexibility index (Phi) is 3.93. The Hall–Kier alpha value is -2.60. The zero-order valence-corrected chi connectivity index (χ0v) is 12.9. The monoisotopic (exact) mass is 358 g/mol. The Bertz CT molecular complexity index is 871. The van der Waals surface area contributed by atoms with Gasteiger partial charge in [0.1, 0.15) is 5.75 Å². The van der Waals surface area contributed by atoms with Gasteiger partial charge < -0.3 is 9.52 Å². The molecule has 1 aromatic heterocycles. The van der Waals surface area contributed by atoms with E-state index in [1.807, 2.05) is 30.3 Å². The highest BCUT2D eigenvalue weighted by molar-refractivity contribution is 9.10. The topological polar surface area (TPSA) is 74.8 Å². The van der Waals surface area contributed by atoms with Crippen LogP contribution in [-0.4, -0.2) is 17.2 Å². The predicted molar refractivity (Wildman–Crippen MR) is 87.1 cm³/mol. The van der Waals surface area contributed by atoms with Gasteiger partial charge in [0.05, 0.1) is 6.21 Å². The number of carbonyl (C=O) groups excluding carboxylic acids is 1. The fourth-order valence-electron chi connectivity index (χ4n) is 2.07. The molecule has 0 fully saturated rings. The van der Waals surface area contributed by atoms with Gasteiger partial charge in [0, 0.05) is 5.56 Å². The summed E-state index contributed by atoms with van der Waals surface area (Å²) in [6.45, 7) is 0. The molecule has 0 spiro atoms. The summed E-state index contributed by atoms with van der Waals surface area (Å²) < 4.78 is 5.59. The lowest BCUT2D eigenvalue weighted by Gasteiger charge is -2.04. The van der Waals surface area contributed by atoms with Crippen LogP contribution in [0.25, 0.3) is 10.8 Å². The molecule has 2 aromatic carbocycles. The number of carbonyl (C=O) groups is 1. The lowest BCUT2D eigenvalue weighted by atomic mass is 10.0. The van der Waals surface area contributed by atoms with Gasteiger partial charge in [-0.25, -0.2) is 5.43 Å². The van der Waals surface area contributed by atoms with Crippen LogP contribution in [0.3, 0.4) is 0 Å². The van der Waals surface area contributed by atoms with E-state index < -0.39 is 5.91 Å². The minimum atomic E-state index is -0.471. The zero-order chi connectivity index (χ0) is 15.5. The summed E-state index contributed by atoms with van der Waals surface area (Å²) in [7, 11) is 0. The van der Waals surface area contributed by atoms with Crippen molar-refractivity contribution in [3.05, 3.63) is 64.5 Å². The first-order valence-electron chi connectivity index (χ1n) is 6.44. The van der Waals surface area contributed by atoms with Crippen LogP contribution in [-0.2, 0) is 0 Å². The molecule has 0 aliphatic rings. The third-order valence-corrected chi connectivity index (χ3v) is 3.53. The molecule has 1 amide bonds. The average Bonchev–Trinajstić information content (AvgIpc) is 2.96. The van der Waals surface area contributed by atoms with Crippen molar-refractivity contribution < 1.29 is 14.3 Å². The Morgan fingerprint density at radius 2 is 2.00 bits per heavy atom. The summed E-state index contributed by atoms with van der Waals surface area (Å²) in [6, 6.07) is 14.2. The molecule has 0 saturated carbocycles. The number of furan rings is 1. The fourth-order valence-corrected chi connectivity index (χ4v) is 2.37. The molecule has 0 aliphatic heterocycles. The number of amides is 1. The van der Waals surface area contributed by atoms with E-state index in [1.165, 1.54) is 12.3 Å². The summed E-state index contributed by atoms with van der Waals surface area (Å²) in [5.41, 5.74) is 2.90. The van der Waals surface area contributed by atoms with Crippen LogP contribution >= 0.6 is 15.9 Å². The molecule has 5 nitrogen and oxygen atoms in total. The number of nitrogens with one attached hydrogen (secondary N) is 1. The van der Waals surface area contributed by atoms with Crippen molar-refractivity contribution in [2.45, 2.75) is 0 Å². The molecule has 0 bridgehead atoms. The van der Waals surface area contributed by atoms with Gasteiger partial charge in [-0.2, -0.15) is 5.10 Å². The molecule has 1 heterocycles. The third-order valence-electron chi connectivity index (χ3n) is 3.10. The average molecular weight is 359 g/mol. The van der Waals surface area contributed by atoms with Crippen molar-refractivity contribution in [2.24, 2.45) is 5.10 Å². The molecule has 0 atom stereocenters. The summed E-state index contributed by atoms with van der Waals surface area (Å²) in [5.74, 6) is -0.231. The van der Waals surface area contributed by atoms with Crippen molar-refractivity contribution in [3.63, 3.8) is 0 Å². The number of aromatic hydroxyl groups is 1. The van der Waals surface area contributed by atoms with Crippen LogP contribution < -0.4 is 5.43 Å². The first kappa shape index (κ1) is 14.3. The van der Waals surface area contributed by atoms with Gasteiger partial charge in [-0.15, -0.1) is 0 Å². The molecule has 22 heavy (non-hydrogen) atoms. The lowest BCUT2D eigenvalue weighted by Crippen LogP contribution is -2.16. The van der Waals surface area contributed by atoms with Crippen LogP contribution in [0.1, 0.15) is 16.1 Å². The van der Waals surface area contributed by atoms with E-state index >= 15 is 0 Å². The van der Waals surface area contributed by atoms with Crippen molar-refractivity contribution in [3.8, 4) is 5.75 Å². The number of hydrazone groups is 1. The second kappa shape index (κ2) is 6.03. The van der Waals surface area contributed by atoms with Crippen molar-refractivity contribution in [2.75, 3.05) is 0 Å². The summed E-state index contributed by atoms with van der Waals surface area (Å²) in [4.78, 5) is 11.8. The van der Waals surface area contributed by atoms with Crippen LogP contribution in [0.2, 0.25) is 0 Å². The molecular weight excluding hydrogens is 348 g/mol. The minimum Gasteiger partial charge on any atom is -0.507 e. The summed E-state index contributed by atoms with van der Waals surface area (Å²) in [5, 5.41) is 15.7. The van der Waals surface area contributed by atoms with E-state index in [9.17, 15) is 9.90 Å². The van der Waals surface area contributed by atoms with Crippen molar-refractivity contribution in [1.82, 2.24) is 5.43 Å². The number of phenolic OH excluding ortho intramolecular Hbond substituents is 1. The van der Waals surface area contributed by atoms with Crippen LogP contribution in [0, 0.1) is 0 Å². The molecule has 0 saturated heterocycles. The molecule has 0 aliphatic carbocycles. The molecule has 0 radical (unpaired) electrons. The van der Waals surface area contributed by atoms with Gasteiger partial charge in [0.2, 0.25) is 0 Å². The molecule has 110 valence electrons. The number of fused-ring (bicyclic) bond motifs is 1. The van der Waals surface area contributed by atoms with Crippen LogP contribution in [0.5, 0.6) is 5.75 Å². The first-order valence-corrected chi connectivity index (χ1v) is 7.24. The lowest BCUT2D eigenvalue weighted by molar-refractivity contribution is 0.0926. The highest BCUT2D eigenvalue weighted by Crippen LogP contribution is 2.25. The molecule has 2 N–H and O–H groups in total.